The molecule has 2 aromatic heterocycles. The number of benzene rings is 1. The van der Waals surface area contributed by atoms with Crippen LogP contribution in [0.5, 0.6) is 5.88 Å². The first-order valence-corrected chi connectivity index (χ1v) is 8.32. The fraction of sp³-hybridized carbons (Fsp3) is 0.188. The highest BCUT2D eigenvalue weighted by Gasteiger charge is 2.31. The summed E-state index contributed by atoms with van der Waals surface area (Å²) in [4.78, 5) is 20.8. The number of anilines is 1. The maximum absolute atomic E-state index is 12.7. The van der Waals surface area contributed by atoms with Crippen LogP contribution in [0.15, 0.2) is 42.7 Å². The van der Waals surface area contributed by atoms with Crippen LogP contribution in [0.2, 0.25) is 0 Å². The monoisotopic (exact) mass is 372 g/mol. The molecule has 3 heterocycles. The number of amides is 1. The molecule has 1 aromatic carbocycles. The third-order valence-electron chi connectivity index (χ3n) is 3.78. The van der Waals surface area contributed by atoms with E-state index in [2.05, 4.69) is 31.2 Å². The van der Waals surface area contributed by atoms with Crippen molar-refractivity contribution in [1.29, 1.82) is 0 Å². The van der Waals surface area contributed by atoms with Crippen LogP contribution in [-0.4, -0.2) is 31.9 Å². The fourth-order valence-electron chi connectivity index (χ4n) is 2.81. The lowest BCUT2D eigenvalue weighted by molar-refractivity contribution is 0.102. The van der Waals surface area contributed by atoms with Crippen molar-refractivity contribution >= 4 is 38.7 Å². The van der Waals surface area contributed by atoms with E-state index in [1.165, 1.54) is 0 Å². The number of fused-ring (bicyclic) bond motifs is 3. The smallest absolute Gasteiger partial charge is 0.264 e. The van der Waals surface area contributed by atoms with Crippen molar-refractivity contribution in [3.05, 3.63) is 48.3 Å². The highest BCUT2D eigenvalue weighted by atomic mass is 79.9. The molecule has 6 nitrogen and oxygen atoms in total. The van der Waals surface area contributed by atoms with Gasteiger partial charge in [0.05, 0.1) is 12.1 Å². The van der Waals surface area contributed by atoms with Crippen molar-refractivity contribution in [1.82, 2.24) is 14.5 Å². The van der Waals surface area contributed by atoms with Gasteiger partial charge in [0.2, 0.25) is 11.8 Å². The van der Waals surface area contributed by atoms with Crippen molar-refractivity contribution in [2.24, 2.45) is 0 Å². The average molecular weight is 373 g/mol. The van der Waals surface area contributed by atoms with Gasteiger partial charge in [0.1, 0.15) is 11.7 Å². The molecule has 0 fully saturated rings. The molecule has 1 atom stereocenters. The Balaban J connectivity index is 1.79. The Labute approximate surface area is 140 Å². The lowest BCUT2D eigenvalue weighted by Crippen LogP contribution is -2.18. The van der Waals surface area contributed by atoms with Crippen molar-refractivity contribution in [2.45, 2.75) is 12.6 Å². The van der Waals surface area contributed by atoms with Crippen molar-refractivity contribution in [3.63, 3.8) is 0 Å². The van der Waals surface area contributed by atoms with Crippen LogP contribution >= 0.6 is 15.9 Å². The van der Waals surface area contributed by atoms with Gasteiger partial charge in [-0.2, -0.15) is 0 Å². The molecule has 4 rings (SSSR count). The highest BCUT2D eigenvalue weighted by molar-refractivity contribution is 9.09. The predicted molar refractivity (Wildman–Crippen MR) is 90.1 cm³/mol. The van der Waals surface area contributed by atoms with Gasteiger partial charge in [0.25, 0.3) is 5.91 Å². The van der Waals surface area contributed by atoms with Gasteiger partial charge >= 0.3 is 0 Å². The van der Waals surface area contributed by atoms with Crippen molar-refractivity contribution < 1.29 is 9.53 Å². The molecule has 116 valence electrons. The molecule has 1 amide bonds. The van der Waals surface area contributed by atoms with Gasteiger partial charge in [-0.25, -0.2) is 9.97 Å². The Morgan fingerprint density at radius 1 is 1.30 bits per heavy atom. The van der Waals surface area contributed by atoms with Gasteiger partial charge < -0.3 is 9.30 Å². The van der Waals surface area contributed by atoms with E-state index in [1.807, 2.05) is 28.8 Å². The zero-order valence-corrected chi connectivity index (χ0v) is 13.7. The quantitative estimate of drug-likeness (QED) is 0.717. The van der Waals surface area contributed by atoms with Gasteiger partial charge in [-0.1, -0.05) is 34.1 Å². The molecule has 0 aliphatic carbocycles. The minimum absolute atomic E-state index is 0.0223. The van der Waals surface area contributed by atoms with Crippen LogP contribution in [0.25, 0.3) is 10.9 Å². The van der Waals surface area contributed by atoms with E-state index in [-0.39, 0.29) is 18.0 Å². The van der Waals surface area contributed by atoms with Crippen LogP contribution in [-0.2, 0) is 6.54 Å². The number of nitrogens with one attached hydrogen (secondary N) is 1. The van der Waals surface area contributed by atoms with Crippen molar-refractivity contribution in [2.75, 3.05) is 10.6 Å². The number of hydrogen-bond donors (Lipinski definition) is 1. The molecule has 7 heteroatoms. The molecule has 0 saturated carbocycles. The first-order valence-electron chi connectivity index (χ1n) is 7.20. The van der Waals surface area contributed by atoms with Crippen LogP contribution < -0.4 is 10.1 Å². The highest BCUT2D eigenvalue weighted by Crippen LogP contribution is 2.37. The Bertz CT molecular complexity index is 878. The third kappa shape index (κ3) is 2.37. The van der Waals surface area contributed by atoms with E-state index in [4.69, 9.17) is 4.74 Å². The maximum atomic E-state index is 12.7. The van der Waals surface area contributed by atoms with Crippen LogP contribution in [0, 0.1) is 0 Å². The van der Waals surface area contributed by atoms with E-state index < -0.39 is 0 Å². The Hall–Kier alpha value is -2.41. The average Bonchev–Trinajstić information content (AvgIpc) is 3.12. The second kappa shape index (κ2) is 5.66. The summed E-state index contributed by atoms with van der Waals surface area (Å²) < 4.78 is 7.99. The number of rotatable bonds is 3. The van der Waals surface area contributed by atoms with Gasteiger partial charge in [0.15, 0.2) is 0 Å². The SMILES string of the molecule is O=C(Nc1ncccn1)c1c2n(c3ccccc13)CC(CBr)O2. The van der Waals surface area contributed by atoms with Gasteiger partial charge in [-0.05, 0) is 12.1 Å². The number of para-hydroxylation sites is 1. The summed E-state index contributed by atoms with van der Waals surface area (Å²) >= 11 is 3.44. The Morgan fingerprint density at radius 2 is 2.09 bits per heavy atom. The molecule has 0 radical (unpaired) electrons. The number of halogens is 1. The van der Waals surface area contributed by atoms with Crippen LogP contribution in [0.4, 0.5) is 5.95 Å². The fourth-order valence-corrected chi connectivity index (χ4v) is 3.15. The van der Waals surface area contributed by atoms with Gasteiger partial charge in [0, 0.05) is 23.1 Å². The summed E-state index contributed by atoms with van der Waals surface area (Å²) in [6, 6.07) is 9.49. The van der Waals surface area contributed by atoms with Gasteiger partial charge in [-0.15, -0.1) is 0 Å². The molecule has 1 unspecified atom stereocenters. The lowest BCUT2D eigenvalue weighted by Gasteiger charge is -2.08. The predicted octanol–water partition coefficient (Wildman–Crippen LogP) is 2.84. The van der Waals surface area contributed by atoms with E-state index in [0.29, 0.717) is 16.8 Å². The van der Waals surface area contributed by atoms with E-state index in [1.54, 1.807) is 18.5 Å². The first-order chi connectivity index (χ1) is 11.3. The largest absolute Gasteiger partial charge is 0.472 e. The molecule has 0 saturated heterocycles. The standard InChI is InChI=1S/C16H13BrN4O2/c17-8-10-9-21-12-5-2-1-4-11(12)13(15(21)23-10)14(22)20-16-18-6-3-7-19-16/h1-7,10H,8-9H2,(H,18,19,20,22). The number of hydrogen-bond acceptors (Lipinski definition) is 4. The zero-order valence-electron chi connectivity index (χ0n) is 12.1. The number of carbonyl (C=O) groups is 1. The summed E-state index contributed by atoms with van der Waals surface area (Å²) in [7, 11) is 0. The first kappa shape index (κ1) is 14.2. The number of ether oxygens (including phenoxy) is 1. The topological polar surface area (TPSA) is 69.0 Å². The minimum atomic E-state index is -0.267. The summed E-state index contributed by atoms with van der Waals surface area (Å²) in [5, 5.41) is 4.31. The second-order valence-electron chi connectivity index (χ2n) is 5.23. The third-order valence-corrected chi connectivity index (χ3v) is 4.50. The number of alkyl halides is 1. The maximum Gasteiger partial charge on any atom is 0.264 e. The van der Waals surface area contributed by atoms with Crippen LogP contribution in [0.1, 0.15) is 10.4 Å². The summed E-state index contributed by atoms with van der Waals surface area (Å²) in [6.07, 6.45) is 3.19. The lowest BCUT2D eigenvalue weighted by atomic mass is 10.1. The Morgan fingerprint density at radius 3 is 2.87 bits per heavy atom. The molecule has 23 heavy (non-hydrogen) atoms. The molecular formula is C16H13BrN4O2. The Kier molecular flexibility index (Phi) is 3.49. The van der Waals surface area contributed by atoms with E-state index >= 15 is 0 Å². The molecule has 1 N–H and O–H groups in total. The van der Waals surface area contributed by atoms with E-state index in [9.17, 15) is 4.79 Å². The molecule has 0 spiro atoms. The number of carbonyl (C=O) groups excluding carboxylic acids is 1. The molecule has 1 aliphatic heterocycles. The normalized spacial score (nSPS) is 16.1. The van der Waals surface area contributed by atoms with Gasteiger partial charge in [-0.3, -0.25) is 10.1 Å². The number of nitrogens with zero attached hydrogens (tertiary/aromatic N) is 3. The minimum Gasteiger partial charge on any atom is -0.472 e. The molecular weight excluding hydrogens is 360 g/mol. The zero-order chi connectivity index (χ0) is 15.8. The molecule has 0 bridgehead atoms. The van der Waals surface area contributed by atoms with Crippen molar-refractivity contribution in [3.8, 4) is 5.88 Å². The summed E-state index contributed by atoms with van der Waals surface area (Å²) in [5.74, 6) is 0.608. The molecule has 1 aliphatic rings. The summed E-state index contributed by atoms with van der Waals surface area (Å²) in [6.45, 7) is 0.718. The second-order valence-corrected chi connectivity index (χ2v) is 5.88. The summed E-state index contributed by atoms with van der Waals surface area (Å²) in [5.41, 5.74) is 1.52. The van der Waals surface area contributed by atoms with Crippen LogP contribution in [0.3, 0.4) is 0 Å². The van der Waals surface area contributed by atoms with E-state index in [0.717, 1.165) is 17.4 Å². The molecule has 3 aromatic rings. The number of aromatic nitrogens is 3.